The average Bonchev–Trinajstić information content (AvgIpc) is 2.61. The number of nitrogens with one attached hydrogen (secondary N) is 1. The molecule has 0 atom stereocenters. The van der Waals surface area contributed by atoms with E-state index in [1.165, 1.54) is 6.07 Å². The number of nitrogens with zero attached hydrogens (tertiary/aromatic N) is 1. The minimum Gasteiger partial charge on any atom is -0.383 e. The van der Waals surface area contributed by atoms with Crippen molar-refractivity contribution >= 4 is 46.5 Å². The zero-order chi connectivity index (χ0) is 19.1. The number of ether oxygens (including phenoxy) is 1. The van der Waals surface area contributed by atoms with Crippen molar-refractivity contribution in [2.45, 2.75) is 6.42 Å². The van der Waals surface area contributed by atoms with E-state index >= 15 is 0 Å². The number of anilines is 1. The molecule has 0 unspecified atom stereocenters. The van der Waals surface area contributed by atoms with E-state index in [9.17, 15) is 4.79 Å². The second-order valence-electron chi connectivity index (χ2n) is 5.39. The number of carbonyl (C=O) groups is 1. The number of pyridine rings is 1. The Balaban J connectivity index is 2.06. The predicted molar refractivity (Wildman–Crippen MR) is 106 cm³/mol. The van der Waals surface area contributed by atoms with Crippen LogP contribution in [0, 0.1) is 0 Å². The van der Waals surface area contributed by atoms with Gasteiger partial charge in [-0.1, -0.05) is 34.8 Å². The maximum Gasteiger partial charge on any atom is 0.270 e. The molecule has 0 bridgehead atoms. The molecule has 1 aromatic heterocycles. The highest BCUT2D eigenvalue weighted by atomic mass is 35.5. The second kappa shape index (κ2) is 9.94. The molecule has 2 aromatic rings. The molecule has 1 heterocycles. The number of amides is 1. The Kier molecular flexibility index (Phi) is 7.93. The molecule has 0 spiro atoms. The molecule has 9 heteroatoms. The normalized spacial score (nSPS) is 10.8. The molecule has 0 aliphatic carbocycles. The predicted octanol–water partition coefficient (Wildman–Crippen LogP) is 3.39. The number of nitrogen functional groups attached to an aromatic ring is 1. The topological polar surface area (TPSA) is 103 Å². The lowest BCUT2D eigenvalue weighted by Gasteiger charge is -2.11. The lowest BCUT2D eigenvalue weighted by molar-refractivity contribution is 0.0909. The molecule has 2 rings (SSSR count). The molecule has 6 nitrogen and oxygen atoms in total. The van der Waals surface area contributed by atoms with E-state index in [4.69, 9.17) is 51.0 Å². The number of hydrogen-bond donors (Lipinski definition) is 3. The smallest absolute Gasteiger partial charge is 0.270 e. The minimum atomic E-state index is -0.346. The Bertz CT molecular complexity index is 787. The van der Waals surface area contributed by atoms with Gasteiger partial charge in [-0.3, -0.25) is 4.79 Å². The van der Waals surface area contributed by atoms with Crippen molar-refractivity contribution in [3.8, 4) is 11.1 Å². The van der Waals surface area contributed by atoms with Crippen LogP contribution >= 0.6 is 34.8 Å². The first-order valence-corrected chi connectivity index (χ1v) is 9.05. The van der Waals surface area contributed by atoms with Gasteiger partial charge < -0.3 is 21.5 Å². The molecule has 140 valence electrons. The quantitative estimate of drug-likeness (QED) is 0.451. The summed E-state index contributed by atoms with van der Waals surface area (Å²) in [5.74, 6) is -0.196. The van der Waals surface area contributed by atoms with Crippen molar-refractivity contribution in [2.24, 2.45) is 5.73 Å². The van der Waals surface area contributed by atoms with E-state index in [-0.39, 0.29) is 17.4 Å². The van der Waals surface area contributed by atoms with Crippen LogP contribution in [0.15, 0.2) is 24.3 Å². The van der Waals surface area contributed by atoms with Gasteiger partial charge >= 0.3 is 0 Å². The molecule has 0 fully saturated rings. The first-order valence-electron chi connectivity index (χ1n) is 7.91. The van der Waals surface area contributed by atoms with E-state index in [0.29, 0.717) is 52.5 Å². The maximum absolute atomic E-state index is 12.1. The van der Waals surface area contributed by atoms with Crippen LogP contribution in [-0.4, -0.2) is 37.2 Å². The SMILES string of the molecule is NCCCOCCNC(=O)c1ccc(-c2cc(Cl)cc(Cl)c2Cl)c(N)n1. The van der Waals surface area contributed by atoms with E-state index in [1.54, 1.807) is 18.2 Å². The van der Waals surface area contributed by atoms with Crippen LogP contribution in [0.1, 0.15) is 16.9 Å². The molecule has 0 saturated carbocycles. The first-order chi connectivity index (χ1) is 12.4. The molecule has 1 amide bonds. The van der Waals surface area contributed by atoms with Gasteiger partial charge in [0, 0.05) is 29.3 Å². The van der Waals surface area contributed by atoms with Crippen LogP contribution in [0.3, 0.4) is 0 Å². The van der Waals surface area contributed by atoms with E-state index in [0.717, 1.165) is 6.42 Å². The van der Waals surface area contributed by atoms with Crippen LogP contribution in [0.4, 0.5) is 5.82 Å². The molecule has 0 aliphatic rings. The number of halogens is 3. The van der Waals surface area contributed by atoms with Crippen LogP contribution in [0.5, 0.6) is 0 Å². The number of rotatable bonds is 8. The summed E-state index contributed by atoms with van der Waals surface area (Å²) < 4.78 is 5.32. The Hall–Kier alpha value is -1.57. The van der Waals surface area contributed by atoms with E-state index in [2.05, 4.69) is 10.3 Å². The van der Waals surface area contributed by atoms with Crippen molar-refractivity contribution in [3.05, 3.63) is 45.0 Å². The Morgan fingerprint density at radius 3 is 2.62 bits per heavy atom. The van der Waals surface area contributed by atoms with Crippen molar-refractivity contribution in [1.82, 2.24) is 10.3 Å². The van der Waals surface area contributed by atoms with Crippen molar-refractivity contribution in [1.29, 1.82) is 0 Å². The average molecular weight is 418 g/mol. The van der Waals surface area contributed by atoms with Gasteiger partial charge in [-0.05, 0) is 37.2 Å². The number of carbonyl (C=O) groups excluding carboxylic acids is 1. The standard InChI is InChI=1S/C17H19Cl3N4O2/c18-10-8-12(15(20)13(19)9-10)11-2-3-14(24-16(11)22)17(25)23-5-7-26-6-1-4-21/h2-3,8-9H,1,4-7,21H2,(H2,22,24)(H,23,25). The first kappa shape index (κ1) is 20.7. The summed E-state index contributed by atoms with van der Waals surface area (Å²) in [6.45, 7) is 1.90. The zero-order valence-electron chi connectivity index (χ0n) is 13.9. The molecular weight excluding hydrogens is 399 g/mol. The fourth-order valence-corrected chi connectivity index (χ4v) is 2.90. The summed E-state index contributed by atoms with van der Waals surface area (Å²) in [4.78, 5) is 16.3. The summed E-state index contributed by atoms with van der Waals surface area (Å²) in [5.41, 5.74) is 12.7. The Labute approximate surface area is 166 Å². The second-order valence-corrected chi connectivity index (χ2v) is 6.61. The number of hydrogen-bond acceptors (Lipinski definition) is 5. The fraction of sp³-hybridized carbons (Fsp3) is 0.294. The third kappa shape index (κ3) is 5.46. The highest BCUT2D eigenvalue weighted by Gasteiger charge is 2.15. The van der Waals surface area contributed by atoms with E-state index in [1.807, 2.05) is 0 Å². The van der Waals surface area contributed by atoms with Gasteiger partial charge in [0.05, 0.1) is 16.7 Å². The van der Waals surface area contributed by atoms with Gasteiger partial charge in [0.25, 0.3) is 5.91 Å². The molecular formula is C17H19Cl3N4O2. The van der Waals surface area contributed by atoms with Gasteiger partial charge in [-0.2, -0.15) is 0 Å². The van der Waals surface area contributed by atoms with Crippen LogP contribution in [0.25, 0.3) is 11.1 Å². The van der Waals surface area contributed by atoms with Crippen LogP contribution < -0.4 is 16.8 Å². The number of nitrogens with two attached hydrogens (primary N) is 2. The lowest BCUT2D eigenvalue weighted by atomic mass is 10.1. The van der Waals surface area contributed by atoms with Gasteiger partial charge in [0.15, 0.2) is 0 Å². The lowest BCUT2D eigenvalue weighted by Crippen LogP contribution is -2.28. The Morgan fingerprint density at radius 2 is 1.92 bits per heavy atom. The monoisotopic (exact) mass is 416 g/mol. The molecule has 1 aromatic carbocycles. The molecule has 0 aliphatic heterocycles. The van der Waals surface area contributed by atoms with Gasteiger partial charge in [-0.15, -0.1) is 0 Å². The minimum absolute atomic E-state index is 0.150. The van der Waals surface area contributed by atoms with Crippen molar-refractivity contribution in [2.75, 3.05) is 32.0 Å². The third-order valence-corrected chi connectivity index (χ3v) is 4.49. The maximum atomic E-state index is 12.1. The summed E-state index contributed by atoms with van der Waals surface area (Å²) in [6, 6.07) is 6.39. The van der Waals surface area contributed by atoms with Crippen LogP contribution in [-0.2, 0) is 4.74 Å². The van der Waals surface area contributed by atoms with E-state index < -0.39 is 0 Å². The van der Waals surface area contributed by atoms with Gasteiger partial charge in [0.2, 0.25) is 0 Å². The number of aromatic nitrogens is 1. The molecule has 0 saturated heterocycles. The van der Waals surface area contributed by atoms with Crippen molar-refractivity contribution < 1.29 is 9.53 Å². The zero-order valence-corrected chi connectivity index (χ0v) is 16.2. The summed E-state index contributed by atoms with van der Waals surface area (Å²) >= 11 is 18.3. The van der Waals surface area contributed by atoms with Crippen molar-refractivity contribution in [3.63, 3.8) is 0 Å². The molecule has 0 radical (unpaired) electrons. The van der Waals surface area contributed by atoms with Gasteiger partial charge in [-0.25, -0.2) is 4.98 Å². The number of benzene rings is 1. The summed E-state index contributed by atoms with van der Waals surface area (Å²) in [6.07, 6.45) is 0.781. The largest absolute Gasteiger partial charge is 0.383 e. The highest BCUT2D eigenvalue weighted by molar-refractivity contribution is 6.45. The Morgan fingerprint density at radius 1 is 1.15 bits per heavy atom. The summed E-state index contributed by atoms with van der Waals surface area (Å²) in [5, 5.41) is 3.76. The molecule has 26 heavy (non-hydrogen) atoms. The van der Waals surface area contributed by atoms with Crippen LogP contribution in [0.2, 0.25) is 15.1 Å². The third-order valence-electron chi connectivity index (χ3n) is 3.47. The molecule has 5 N–H and O–H groups in total. The summed E-state index contributed by atoms with van der Waals surface area (Å²) in [7, 11) is 0. The van der Waals surface area contributed by atoms with Gasteiger partial charge in [0.1, 0.15) is 11.5 Å². The fourth-order valence-electron chi connectivity index (χ4n) is 2.20. The highest BCUT2D eigenvalue weighted by Crippen LogP contribution is 2.38.